The number of rotatable bonds is 12. The summed E-state index contributed by atoms with van der Waals surface area (Å²) in [5.74, 6) is -0.447. The van der Waals surface area contributed by atoms with Crippen LogP contribution in [0.2, 0.25) is 0 Å². The van der Waals surface area contributed by atoms with Crippen molar-refractivity contribution in [1.82, 2.24) is 38.9 Å². The number of hydrogen-bond donors (Lipinski definition) is 4. The van der Waals surface area contributed by atoms with Crippen molar-refractivity contribution in [1.29, 1.82) is 5.26 Å². The number of aromatic amines is 1. The summed E-state index contributed by atoms with van der Waals surface area (Å²) in [6.45, 7) is 2.29. The van der Waals surface area contributed by atoms with E-state index in [-0.39, 0.29) is 35.2 Å². The molecule has 8 rings (SSSR count). The molecule has 22 heteroatoms. The number of nitrogens with zero attached hydrogens (tertiary/aromatic N) is 7. The first-order chi connectivity index (χ1) is 30.1. The number of carbonyl (C=O) groups excluding carboxylic acids is 2. The number of aromatic nitrogens is 4. The zero-order chi connectivity index (χ0) is 45.5. The van der Waals surface area contributed by atoms with Gasteiger partial charge in [-0.2, -0.15) is 23.4 Å². The summed E-state index contributed by atoms with van der Waals surface area (Å²) in [5.41, 5.74) is 12.5. The summed E-state index contributed by atoms with van der Waals surface area (Å²) < 4.78 is 77.9. The minimum atomic E-state index is -3.47. The fourth-order valence-corrected chi connectivity index (χ4v) is 13.0. The van der Waals surface area contributed by atoms with Crippen LogP contribution in [-0.2, 0) is 56.9 Å². The van der Waals surface area contributed by atoms with Crippen molar-refractivity contribution >= 4 is 41.9 Å². The van der Waals surface area contributed by atoms with Gasteiger partial charge in [0.2, 0.25) is 41.9 Å². The molecule has 0 saturated carbocycles. The summed E-state index contributed by atoms with van der Waals surface area (Å²) in [6.07, 6.45) is 6.14. The summed E-state index contributed by atoms with van der Waals surface area (Å²) in [4.78, 5) is 21.6. The van der Waals surface area contributed by atoms with Gasteiger partial charge in [0.25, 0.3) is 0 Å². The molecular formula is C41H55N11O8S3. The third-order valence-corrected chi connectivity index (χ3v) is 16.3. The number of amides is 2. The molecule has 2 amide bonds. The van der Waals surface area contributed by atoms with Crippen LogP contribution >= 0.6 is 0 Å². The van der Waals surface area contributed by atoms with Crippen molar-refractivity contribution < 1.29 is 34.8 Å². The second-order valence-corrected chi connectivity index (χ2v) is 21.1. The average molecular weight is 926 g/mol. The predicted molar refractivity (Wildman–Crippen MR) is 235 cm³/mol. The van der Waals surface area contributed by atoms with Gasteiger partial charge in [-0.05, 0) is 74.6 Å². The van der Waals surface area contributed by atoms with Crippen LogP contribution in [0.4, 0.5) is 0 Å². The van der Waals surface area contributed by atoms with Crippen molar-refractivity contribution in [3.8, 4) is 6.07 Å². The van der Waals surface area contributed by atoms with Gasteiger partial charge in [-0.3, -0.25) is 9.59 Å². The molecule has 4 saturated heterocycles. The van der Waals surface area contributed by atoms with Gasteiger partial charge >= 0.3 is 0 Å². The van der Waals surface area contributed by atoms with Crippen molar-refractivity contribution in [2.75, 3.05) is 26.2 Å². The van der Waals surface area contributed by atoms with Gasteiger partial charge in [0.15, 0.2) is 5.82 Å². The number of nitriles is 1. The van der Waals surface area contributed by atoms with Crippen LogP contribution in [0.15, 0.2) is 91.0 Å². The van der Waals surface area contributed by atoms with Gasteiger partial charge in [-0.15, -0.1) is 10.2 Å². The first-order valence-electron chi connectivity index (χ1n) is 20.7. The number of tetrazole rings is 1. The van der Waals surface area contributed by atoms with Crippen LogP contribution < -0.4 is 16.8 Å². The Kier molecular flexibility index (Phi) is 17.8. The van der Waals surface area contributed by atoms with Crippen molar-refractivity contribution in [2.45, 2.75) is 92.8 Å². The Balaban J connectivity index is 0.000000164. The van der Waals surface area contributed by atoms with Crippen LogP contribution in [0, 0.1) is 11.3 Å². The lowest BCUT2D eigenvalue weighted by atomic mass is 10.2. The molecule has 4 aliphatic heterocycles. The monoisotopic (exact) mass is 925 g/mol. The highest BCUT2D eigenvalue weighted by atomic mass is 32.2. The number of carbonyl (C=O) groups is 2. The number of hydrogen-bond acceptors (Lipinski definition) is 13. The Bertz CT molecular complexity index is 2440. The number of H-pyrrole nitrogens is 1. The molecule has 19 nitrogen and oxygen atoms in total. The normalized spacial score (nSPS) is 21.8. The summed E-state index contributed by atoms with van der Waals surface area (Å²) >= 11 is 0. The summed E-state index contributed by atoms with van der Waals surface area (Å²) in [5, 5.41) is 25.6. The molecule has 63 heavy (non-hydrogen) atoms. The summed E-state index contributed by atoms with van der Waals surface area (Å²) in [6, 6.07) is 27.7. The Morgan fingerprint density at radius 2 is 1.11 bits per heavy atom. The lowest BCUT2D eigenvalue weighted by molar-refractivity contribution is -0.121. The first-order valence-corrected chi connectivity index (χ1v) is 25.5. The molecule has 0 bridgehead atoms. The van der Waals surface area contributed by atoms with Crippen molar-refractivity contribution in [3.05, 3.63) is 114 Å². The molecule has 0 aliphatic carbocycles. The van der Waals surface area contributed by atoms with Gasteiger partial charge in [-0.1, -0.05) is 96.2 Å². The highest BCUT2D eigenvalue weighted by Gasteiger charge is 2.39. The van der Waals surface area contributed by atoms with Gasteiger partial charge in [0.05, 0.1) is 35.4 Å². The Labute approximate surface area is 369 Å². The SMILES string of the molecule is N#CC1CCCN1S(=O)(=O)Cc1ccccc1.NC(=O)C1CCCN1.NC(=O)C1CCCN1S(=O)(=O)Cc1ccccc1.O=S(=O)(Cc1ccccc1)N1CCCC1c1nn[nH]n1. The molecule has 1 aromatic heterocycles. The molecule has 3 aromatic carbocycles. The molecule has 340 valence electrons. The quantitative estimate of drug-likeness (QED) is 0.159. The maximum absolute atomic E-state index is 12.5. The van der Waals surface area contributed by atoms with Crippen molar-refractivity contribution in [2.24, 2.45) is 11.5 Å². The first kappa shape index (κ1) is 48.9. The Hall–Kier alpha value is -5.15. The molecule has 4 aromatic rings. The van der Waals surface area contributed by atoms with Crippen molar-refractivity contribution in [3.63, 3.8) is 0 Å². The number of benzene rings is 3. The lowest BCUT2D eigenvalue weighted by Crippen LogP contribution is -2.44. The van der Waals surface area contributed by atoms with E-state index in [1.54, 1.807) is 36.4 Å². The van der Waals surface area contributed by atoms with Crippen LogP contribution in [0.25, 0.3) is 0 Å². The largest absolute Gasteiger partial charge is 0.368 e. The third kappa shape index (κ3) is 14.2. The molecule has 4 fully saturated rings. The minimum Gasteiger partial charge on any atom is -0.368 e. The van der Waals surface area contributed by atoms with Crippen LogP contribution in [-0.4, -0.2) is 115 Å². The predicted octanol–water partition coefficient (Wildman–Crippen LogP) is 2.06. The number of sulfonamides is 3. The average Bonchev–Trinajstić information content (AvgIpc) is 4.11. The van der Waals surface area contributed by atoms with Crippen LogP contribution in [0.3, 0.4) is 0 Å². The van der Waals surface area contributed by atoms with Gasteiger partial charge in [0, 0.05) is 19.6 Å². The molecule has 5 heterocycles. The maximum Gasteiger partial charge on any atom is 0.235 e. The van der Waals surface area contributed by atoms with E-state index in [4.69, 9.17) is 16.7 Å². The minimum absolute atomic E-state index is 0.00217. The third-order valence-electron chi connectivity index (χ3n) is 10.8. The van der Waals surface area contributed by atoms with Crippen LogP contribution in [0.1, 0.15) is 79.9 Å². The molecule has 4 atom stereocenters. The van der Waals surface area contributed by atoms with E-state index >= 15 is 0 Å². The van der Waals surface area contributed by atoms with E-state index < -0.39 is 48.1 Å². The molecule has 4 unspecified atom stereocenters. The second kappa shape index (κ2) is 23.0. The van der Waals surface area contributed by atoms with Gasteiger partial charge < -0.3 is 16.8 Å². The van der Waals surface area contributed by atoms with E-state index in [2.05, 4.69) is 32.0 Å². The van der Waals surface area contributed by atoms with Gasteiger partial charge in [-0.25, -0.2) is 25.3 Å². The highest BCUT2D eigenvalue weighted by molar-refractivity contribution is 7.88. The molecule has 4 aliphatic rings. The van der Waals surface area contributed by atoms with Crippen LogP contribution in [0.5, 0.6) is 0 Å². The Morgan fingerprint density at radius 3 is 1.56 bits per heavy atom. The molecular weight excluding hydrogens is 871 g/mol. The maximum atomic E-state index is 12.5. The van der Waals surface area contributed by atoms with E-state index in [1.165, 1.54) is 12.9 Å². The van der Waals surface area contributed by atoms with E-state index in [1.807, 2.05) is 54.6 Å². The lowest BCUT2D eigenvalue weighted by Gasteiger charge is -2.21. The smallest absolute Gasteiger partial charge is 0.235 e. The standard InChI is InChI=1S/C12H15N5O2S.C12H16N2O3S.C12H14N2O2S.C5H10N2O/c18-20(19,9-10-5-2-1-3-6-10)17-8-4-7-11(17)12-13-15-16-14-12;13-12(15)11-7-4-8-14(11)18(16,17)9-10-5-2-1-3-6-10;13-9-12-7-4-8-14(12)17(15,16)10-11-5-2-1-3-6-11;6-5(8)4-2-1-3-7-4/h1-3,5-6,11H,4,7-9H2,(H,13,14,15,16);1-3,5-6,11H,4,7-9H2,(H2,13,15);1-3,5-6,12H,4,7-8,10H2;4,7H,1-3H2,(H2,6,8). The van der Waals surface area contributed by atoms with E-state index in [9.17, 15) is 34.8 Å². The topological polar surface area (TPSA) is 289 Å². The highest BCUT2D eigenvalue weighted by Crippen LogP contribution is 2.33. The molecule has 6 N–H and O–H groups in total. The molecule has 0 radical (unpaired) electrons. The molecule has 0 spiro atoms. The second-order valence-electron chi connectivity index (χ2n) is 15.4. The Morgan fingerprint density at radius 1 is 0.635 bits per heavy atom. The zero-order valence-electron chi connectivity index (χ0n) is 34.9. The summed E-state index contributed by atoms with van der Waals surface area (Å²) in [7, 11) is -10.2. The zero-order valence-corrected chi connectivity index (χ0v) is 37.3. The number of primary amides is 2. The van der Waals surface area contributed by atoms with Gasteiger partial charge in [0.1, 0.15) is 12.1 Å². The fourth-order valence-electron chi connectivity index (χ4n) is 7.73. The number of nitrogens with two attached hydrogens (primary N) is 2. The van der Waals surface area contributed by atoms with E-state index in [0.717, 1.165) is 49.8 Å². The number of nitrogens with one attached hydrogen (secondary N) is 2. The fraction of sp³-hybridized carbons (Fsp3) is 0.463. The van der Waals surface area contributed by atoms with E-state index in [0.29, 0.717) is 50.3 Å².